The molecule has 2 atom stereocenters. The van der Waals surface area contributed by atoms with Gasteiger partial charge in [0.15, 0.2) is 5.11 Å². The van der Waals surface area contributed by atoms with E-state index in [1.165, 1.54) is 28.2 Å². The van der Waals surface area contributed by atoms with Gasteiger partial charge in [0, 0.05) is 48.7 Å². The van der Waals surface area contributed by atoms with Gasteiger partial charge >= 0.3 is 0 Å². The van der Waals surface area contributed by atoms with Crippen LogP contribution in [-0.2, 0) is 0 Å². The van der Waals surface area contributed by atoms with E-state index in [9.17, 15) is 0 Å². The van der Waals surface area contributed by atoms with E-state index in [0.29, 0.717) is 0 Å². The molecule has 0 amide bonds. The Morgan fingerprint density at radius 3 is 2.20 bits per heavy atom. The van der Waals surface area contributed by atoms with Crippen molar-refractivity contribution >= 4 is 28.7 Å². The van der Waals surface area contributed by atoms with Crippen LogP contribution in [0.1, 0.15) is 40.3 Å². The standard InChI is InChI=1S/C29H31N5S/c1-19-9-11-24(12-10-19)34-28(27(31-29(34)35)26-8-6-7-17-30-26)25-18-20(2)33(21(25)3)23-15-13-22(14-16-23)32(4)5/h6-18,27-28H,1-5H3,(H,31,35)/t27-,28-/m0/s1. The van der Waals surface area contributed by atoms with Crippen molar-refractivity contribution in [3.63, 3.8) is 0 Å². The summed E-state index contributed by atoms with van der Waals surface area (Å²) in [4.78, 5) is 9.06. The molecule has 0 aliphatic carbocycles. The summed E-state index contributed by atoms with van der Waals surface area (Å²) in [6.45, 7) is 6.48. The van der Waals surface area contributed by atoms with Crippen LogP contribution in [0.3, 0.4) is 0 Å². The van der Waals surface area contributed by atoms with Gasteiger partial charge in [0.25, 0.3) is 0 Å². The highest BCUT2D eigenvalue weighted by Crippen LogP contribution is 2.43. The van der Waals surface area contributed by atoms with Crippen molar-refractivity contribution in [2.24, 2.45) is 0 Å². The highest BCUT2D eigenvalue weighted by atomic mass is 32.1. The summed E-state index contributed by atoms with van der Waals surface area (Å²) in [7, 11) is 4.12. The maximum absolute atomic E-state index is 5.90. The average Bonchev–Trinajstić information content (AvgIpc) is 3.35. The predicted molar refractivity (Wildman–Crippen MR) is 149 cm³/mol. The first kappa shape index (κ1) is 23.1. The second kappa shape index (κ2) is 9.19. The summed E-state index contributed by atoms with van der Waals surface area (Å²) in [6, 6.07) is 25.5. The number of benzene rings is 2. The smallest absolute Gasteiger partial charge is 0.174 e. The third-order valence-corrected chi connectivity index (χ3v) is 7.14. The number of nitrogens with zero attached hydrogens (tertiary/aromatic N) is 4. The van der Waals surface area contributed by atoms with Crippen LogP contribution in [0, 0.1) is 20.8 Å². The molecule has 178 valence electrons. The Kier molecular flexibility index (Phi) is 6.07. The van der Waals surface area contributed by atoms with Crippen LogP contribution in [0.25, 0.3) is 5.69 Å². The molecule has 4 aromatic rings. The zero-order valence-electron chi connectivity index (χ0n) is 20.9. The molecule has 1 aliphatic rings. The summed E-state index contributed by atoms with van der Waals surface area (Å²) < 4.78 is 2.33. The Labute approximate surface area is 213 Å². The molecule has 5 rings (SSSR count). The number of hydrogen-bond donors (Lipinski definition) is 1. The van der Waals surface area contributed by atoms with Gasteiger partial charge in [0.2, 0.25) is 0 Å². The first-order valence-corrected chi connectivity index (χ1v) is 12.3. The lowest BCUT2D eigenvalue weighted by Gasteiger charge is -2.28. The van der Waals surface area contributed by atoms with E-state index in [1.807, 2.05) is 18.3 Å². The number of aromatic nitrogens is 2. The summed E-state index contributed by atoms with van der Waals surface area (Å²) in [5.41, 5.74) is 9.26. The number of nitrogens with one attached hydrogen (secondary N) is 1. The molecule has 35 heavy (non-hydrogen) atoms. The van der Waals surface area contributed by atoms with Gasteiger partial charge in [-0.2, -0.15) is 0 Å². The molecule has 2 aromatic heterocycles. The maximum atomic E-state index is 5.90. The number of pyridine rings is 1. The van der Waals surface area contributed by atoms with Gasteiger partial charge in [0.1, 0.15) is 0 Å². The summed E-state index contributed by atoms with van der Waals surface area (Å²) >= 11 is 5.90. The zero-order valence-corrected chi connectivity index (χ0v) is 21.7. The van der Waals surface area contributed by atoms with E-state index < -0.39 is 0 Å². The van der Waals surface area contributed by atoms with Crippen molar-refractivity contribution in [1.29, 1.82) is 0 Å². The van der Waals surface area contributed by atoms with Crippen LogP contribution in [0.5, 0.6) is 0 Å². The van der Waals surface area contributed by atoms with Crippen LogP contribution in [-0.4, -0.2) is 28.8 Å². The van der Waals surface area contributed by atoms with Crippen LogP contribution in [0.15, 0.2) is 79.0 Å². The molecule has 1 saturated heterocycles. The largest absolute Gasteiger partial charge is 0.378 e. The first-order valence-electron chi connectivity index (χ1n) is 11.9. The third kappa shape index (κ3) is 4.19. The van der Waals surface area contributed by atoms with Gasteiger partial charge in [-0.15, -0.1) is 0 Å². The van der Waals surface area contributed by atoms with Gasteiger partial charge in [0.05, 0.1) is 17.8 Å². The molecule has 0 radical (unpaired) electrons. The quantitative estimate of drug-likeness (QED) is 0.352. The number of thiocarbonyl (C=S) groups is 1. The van der Waals surface area contributed by atoms with Crippen LogP contribution < -0.4 is 15.1 Å². The fourth-order valence-electron chi connectivity index (χ4n) is 5.04. The molecule has 1 fully saturated rings. The molecule has 2 aromatic carbocycles. The maximum Gasteiger partial charge on any atom is 0.174 e. The lowest BCUT2D eigenvalue weighted by molar-refractivity contribution is 0.565. The van der Waals surface area contributed by atoms with Crippen LogP contribution in [0.4, 0.5) is 11.4 Å². The second-order valence-electron chi connectivity index (χ2n) is 9.40. The van der Waals surface area contributed by atoms with E-state index in [4.69, 9.17) is 17.2 Å². The minimum atomic E-state index is -0.0601. The van der Waals surface area contributed by atoms with Crippen LogP contribution >= 0.6 is 12.2 Å². The number of rotatable bonds is 5. The molecule has 0 spiro atoms. The second-order valence-corrected chi connectivity index (χ2v) is 9.79. The predicted octanol–water partition coefficient (Wildman–Crippen LogP) is 6.04. The van der Waals surface area contributed by atoms with E-state index in [2.05, 4.69) is 115 Å². The third-order valence-electron chi connectivity index (χ3n) is 6.82. The fraction of sp³-hybridized carbons (Fsp3) is 0.241. The monoisotopic (exact) mass is 481 g/mol. The van der Waals surface area contributed by atoms with Crippen LogP contribution in [0.2, 0.25) is 0 Å². The SMILES string of the molecule is Cc1ccc(N2C(=S)N[C@@H](c3ccccn3)[C@@H]2c2cc(C)n(-c3ccc(N(C)C)cc3)c2C)cc1. The van der Waals surface area contributed by atoms with Crippen molar-refractivity contribution < 1.29 is 0 Å². The average molecular weight is 482 g/mol. The van der Waals surface area contributed by atoms with Crippen molar-refractivity contribution in [1.82, 2.24) is 14.9 Å². The Morgan fingerprint density at radius 2 is 1.57 bits per heavy atom. The highest BCUT2D eigenvalue weighted by Gasteiger charge is 2.42. The van der Waals surface area contributed by atoms with Gasteiger partial charge in [-0.1, -0.05) is 23.8 Å². The van der Waals surface area contributed by atoms with Crippen molar-refractivity contribution in [3.8, 4) is 5.69 Å². The molecule has 5 nitrogen and oxygen atoms in total. The number of aryl methyl sites for hydroxylation is 2. The van der Waals surface area contributed by atoms with Crippen molar-refractivity contribution in [2.75, 3.05) is 23.9 Å². The normalized spacial score (nSPS) is 17.5. The van der Waals surface area contributed by atoms with E-state index in [1.54, 1.807) is 0 Å². The van der Waals surface area contributed by atoms with E-state index in [0.717, 1.165) is 22.2 Å². The van der Waals surface area contributed by atoms with Crippen molar-refractivity contribution in [2.45, 2.75) is 32.9 Å². The molecule has 1 N–H and O–H groups in total. The Balaban J connectivity index is 1.64. The zero-order chi connectivity index (χ0) is 24.7. The molecule has 0 bridgehead atoms. The van der Waals surface area contributed by atoms with Gasteiger partial charge in [-0.3, -0.25) is 4.98 Å². The molecule has 1 aliphatic heterocycles. The van der Waals surface area contributed by atoms with Gasteiger partial charge < -0.3 is 19.7 Å². The topological polar surface area (TPSA) is 36.3 Å². The van der Waals surface area contributed by atoms with E-state index in [-0.39, 0.29) is 12.1 Å². The van der Waals surface area contributed by atoms with E-state index >= 15 is 0 Å². The van der Waals surface area contributed by atoms with Crippen molar-refractivity contribution in [3.05, 3.63) is 107 Å². The Hall–Kier alpha value is -3.64. The lowest BCUT2D eigenvalue weighted by Crippen LogP contribution is -2.29. The molecule has 0 unspecified atom stereocenters. The summed E-state index contributed by atoms with van der Waals surface area (Å²) in [5.74, 6) is 0. The number of anilines is 2. The fourth-order valence-corrected chi connectivity index (χ4v) is 5.38. The number of hydrogen-bond acceptors (Lipinski definition) is 3. The first-order chi connectivity index (χ1) is 16.8. The van der Waals surface area contributed by atoms with Gasteiger partial charge in [-0.25, -0.2) is 0 Å². The highest BCUT2D eigenvalue weighted by molar-refractivity contribution is 7.80. The molecule has 0 saturated carbocycles. The Bertz CT molecular complexity index is 1340. The lowest BCUT2D eigenvalue weighted by atomic mass is 9.96. The molecular weight excluding hydrogens is 450 g/mol. The molecular formula is C29H31N5S. The Morgan fingerprint density at radius 1 is 0.886 bits per heavy atom. The summed E-state index contributed by atoms with van der Waals surface area (Å²) in [6.07, 6.45) is 1.85. The molecule has 3 heterocycles. The minimum Gasteiger partial charge on any atom is -0.378 e. The molecule has 6 heteroatoms. The van der Waals surface area contributed by atoms with Gasteiger partial charge in [-0.05, 0) is 93.1 Å². The summed E-state index contributed by atoms with van der Waals surface area (Å²) in [5, 5.41) is 4.29. The minimum absolute atomic E-state index is 0.0268.